The first-order chi connectivity index (χ1) is 12.2. The molecule has 1 fully saturated rings. The van der Waals surface area contributed by atoms with Gasteiger partial charge in [0.2, 0.25) is 0 Å². The van der Waals surface area contributed by atoms with E-state index in [0.717, 1.165) is 19.3 Å². The molecule has 150 valence electrons. The Hall–Kier alpha value is -0.240. The van der Waals surface area contributed by atoms with E-state index in [1.165, 1.54) is 0 Å². The molecule has 0 aliphatic carbocycles. The zero-order valence-electron chi connectivity index (χ0n) is 16.5. The van der Waals surface area contributed by atoms with Crippen LogP contribution in [0.4, 0.5) is 0 Å². The van der Waals surface area contributed by atoms with Crippen LogP contribution < -0.4 is 0 Å². The van der Waals surface area contributed by atoms with E-state index >= 15 is 0 Å². The van der Waals surface area contributed by atoms with Gasteiger partial charge in [-0.2, -0.15) is 0 Å². The molecular formula is C19H38O6. The Bertz CT molecular complexity index is 302. The number of ether oxygens (including phenoxy) is 6. The molecule has 0 aromatic heterocycles. The Kier molecular flexibility index (Phi) is 13.6. The van der Waals surface area contributed by atoms with Gasteiger partial charge < -0.3 is 28.4 Å². The second-order valence-corrected chi connectivity index (χ2v) is 6.39. The second kappa shape index (κ2) is 14.9. The van der Waals surface area contributed by atoms with Gasteiger partial charge in [0.25, 0.3) is 0 Å². The van der Waals surface area contributed by atoms with Crippen molar-refractivity contribution in [2.75, 3.05) is 52.9 Å². The lowest BCUT2D eigenvalue weighted by Gasteiger charge is -2.27. The third kappa shape index (κ3) is 10.5. The molecule has 4 unspecified atom stereocenters. The highest BCUT2D eigenvalue weighted by Gasteiger charge is 2.21. The first-order valence-corrected chi connectivity index (χ1v) is 9.80. The zero-order chi connectivity index (χ0) is 18.3. The van der Waals surface area contributed by atoms with Crippen molar-refractivity contribution in [3.05, 3.63) is 0 Å². The van der Waals surface area contributed by atoms with Gasteiger partial charge in [0, 0.05) is 0 Å². The topological polar surface area (TPSA) is 55.4 Å². The van der Waals surface area contributed by atoms with Crippen molar-refractivity contribution >= 4 is 0 Å². The molecule has 0 bridgehead atoms. The van der Waals surface area contributed by atoms with Crippen LogP contribution in [0.5, 0.6) is 0 Å². The number of rotatable bonds is 3. The molecule has 1 aliphatic rings. The summed E-state index contributed by atoms with van der Waals surface area (Å²) in [7, 11) is 0. The SMILES string of the molecule is CCCC1OCCOCCOC(C)C(C)OCCOCCOC1CC. The van der Waals surface area contributed by atoms with Gasteiger partial charge >= 0.3 is 0 Å². The summed E-state index contributed by atoms with van der Waals surface area (Å²) in [4.78, 5) is 0. The molecule has 25 heavy (non-hydrogen) atoms. The van der Waals surface area contributed by atoms with E-state index in [0.29, 0.717) is 52.9 Å². The predicted molar refractivity (Wildman–Crippen MR) is 97.1 cm³/mol. The molecule has 6 nitrogen and oxygen atoms in total. The molecule has 1 heterocycles. The van der Waals surface area contributed by atoms with Crippen LogP contribution in [0.25, 0.3) is 0 Å². The maximum Gasteiger partial charge on any atom is 0.0837 e. The third-order valence-electron chi connectivity index (χ3n) is 4.39. The average Bonchev–Trinajstić information content (AvgIpc) is 2.61. The molecular weight excluding hydrogens is 324 g/mol. The van der Waals surface area contributed by atoms with Crippen molar-refractivity contribution < 1.29 is 28.4 Å². The summed E-state index contributed by atoms with van der Waals surface area (Å²) in [6.45, 7) is 12.9. The van der Waals surface area contributed by atoms with E-state index in [1.807, 2.05) is 13.8 Å². The highest BCUT2D eigenvalue weighted by Crippen LogP contribution is 2.14. The molecule has 0 amide bonds. The first kappa shape index (κ1) is 22.8. The fourth-order valence-electron chi connectivity index (χ4n) is 2.73. The van der Waals surface area contributed by atoms with Gasteiger partial charge in [-0.15, -0.1) is 0 Å². The molecule has 1 rings (SSSR count). The van der Waals surface area contributed by atoms with Gasteiger partial charge in [0.15, 0.2) is 0 Å². The summed E-state index contributed by atoms with van der Waals surface area (Å²) < 4.78 is 34.7. The maximum absolute atomic E-state index is 6.02. The molecule has 0 aromatic rings. The van der Waals surface area contributed by atoms with Crippen LogP contribution in [-0.4, -0.2) is 77.3 Å². The summed E-state index contributed by atoms with van der Waals surface area (Å²) in [6.07, 6.45) is 3.26. The average molecular weight is 363 g/mol. The summed E-state index contributed by atoms with van der Waals surface area (Å²) in [6, 6.07) is 0. The molecule has 0 radical (unpaired) electrons. The van der Waals surface area contributed by atoms with Crippen LogP contribution >= 0.6 is 0 Å². The van der Waals surface area contributed by atoms with Gasteiger partial charge in [-0.05, 0) is 26.7 Å². The largest absolute Gasteiger partial charge is 0.377 e. The Morgan fingerprint density at radius 2 is 1.04 bits per heavy atom. The molecule has 0 aromatic carbocycles. The van der Waals surface area contributed by atoms with E-state index < -0.39 is 0 Å². The number of hydrogen-bond donors (Lipinski definition) is 0. The van der Waals surface area contributed by atoms with Crippen molar-refractivity contribution in [3.63, 3.8) is 0 Å². The molecule has 1 saturated heterocycles. The van der Waals surface area contributed by atoms with E-state index in [2.05, 4.69) is 13.8 Å². The van der Waals surface area contributed by atoms with E-state index in [4.69, 9.17) is 28.4 Å². The zero-order valence-corrected chi connectivity index (χ0v) is 16.5. The highest BCUT2D eigenvalue weighted by molar-refractivity contribution is 4.69. The first-order valence-electron chi connectivity index (χ1n) is 9.80. The van der Waals surface area contributed by atoms with Gasteiger partial charge in [-0.3, -0.25) is 0 Å². The lowest BCUT2D eigenvalue weighted by molar-refractivity contribution is -0.112. The van der Waals surface area contributed by atoms with Crippen LogP contribution in [0, 0.1) is 0 Å². The minimum atomic E-state index is 0.0290. The van der Waals surface area contributed by atoms with Gasteiger partial charge in [0.05, 0.1) is 77.3 Å². The van der Waals surface area contributed by atoms with Gasteiger partial charge in [-0.1, -0.05) is 20.3 Å². The van der Waals surface area contributed by atoms with E-state index in [-0.39, 0.29) is 24.4 Å². The Balaban J connectivity index is 2.46. The Labute approximate surface area is 153 Å². The quantitative estimate of drug-likeness (QED) is 0.769. The molecule has 1 aliphatic heterocycles. The normalized spacial score (nSPS) is 32.6. The van der Waals surface area contributed by atoms with Crippen molar-refractivity contribution in [2.24, 2.45) is 0 Å². The maximum atomic E-state index is 6.02. The molecule has 0 saturated carbocycles. The second-order valence-electron chi connectivity index (χ2n) is 6.39. The Morgan fingerprint density at radius 1 is 0.600 bits per heavy atom. The van der Waals surface area contributed by atoms with E-state index in [1.54, 1.807) is 0 Å². The lowest BCUT2D eigenvalue weighted by atomic mass is 10.1. The fourth-order valence-corrected chi connectivity index (χ4v) is 2.73. The summed E-state index contributed by atoms with van der Waals surface area (Å²) in [5.74, 6) is 0. The Morgan fingerprint density at radius 3 is 1.48 bits per heavy atom. The molecule has 6 heteroatoms. The summed E-state index contributed by atoms with van der Waals surface area (Å²) in [5.41, 5.74) is 0. The summed E-state index contributed by atoms with van der Waals surface area (Å²) >= 11 is 0. The number of hydrogen-bond acceptors (Lipinski definition) is 6. The van der Waals surface area contributed by atoms with Crippen LogP contribution in [-0.2, 0) is 28.4 Å². The van der Waals surface area contributed by atoms with Crippen LogP contribution in [0.3, 0.4) is 0 Å². The van der Waals surface area contributed by atoms with Crippen LogP contribution in [0.15, 0.2) is 0 Å². The highest BCUT2D eigenvalue weighted by atomic mass is 16.6. The van der Waals surface area contributed by atoms with Crippen molar-refractivity contribution in [1.82, 2.24) is 0 Å². The minimum Gasteiger partial charge on any atom is -0.377 e. The lowest BCUT2D eigenvalue weighted by Crippen LogP contribution is -2.33. The van der Waals surface area contributed by atoms with Gasteiger partial charge in [-0.25, -0.2) is 0 Å². The predicted octanol–water partition coefficient (Wildman–Crippen LogP) is 2.82. The minimum absolute atomic E-state index is 0.0290. The summed E-state index contributed by atoms with van der Waals surface area (Å²) in [5, 5.41) is 0. The monoisotopic (exact) mass is 362 g/mol. The smallest absolute Gasteiger partial charge is 0.0837 e. The van der Waals surface area contributed by atoms with Crippen molar-refractivity contribution in [2.45, 2.75) is 71.4 Å². The molecule has 0 spiro atoms. The van der Waals surface area contributed by atoms with Gasteiger partial charge in [0.1, 0.15) is 0 Å². The van der Waals surface area contributed by atoms with Crippen LogP contribution in [0.2, 0.25) is 0 Å². The fraction of sp³-hybridized carbons (Fsp3) is 1.00. The standard InChI is InChI=1S/C19H38O6/c1-5-7-19-18(6-2)24-14-10-20-8-12-22-16(3)17(4)23-13-9-21-11-15-25-19/h16-19H,5-15H2,1-4H3. The third-order valence-corrected chi connectivity index (χ3v) is 4.39. The van der Waals surface area contributed by atoms with Crippen molar-refractivity contribution in [3.8, 4) is 0 Å². The molecule has 4 atom stereocenters. The van der Waals surface area contributed by atoms with Crippen molar-refractivity contribution in [1.29, 1.82) is 0 Å². The van der Waals surface area contributed by atoms with Crippen LogP contribution in [0.1, 0.15) is 47.0 Å². The van der Waals surface area contributed by atoms with E-state index in [9.17, 15) is 0 Å². The molecule has 0 N–H and O–H groups in total.